The molecule has 2 saturated carbocycles. The molecule has 0 aromatic carbocycles. The summed E-state index contributed by atoms with van der Waals surface area (Å²) in [6, 6.07) is 2.25. The van der Waals surface area contributed by atoms with Crippen molar-refractivity contribution >= 4 is 11.3 Å². The summed E-state index contributed by atoms with van der Waals surface area (Å²) in [6.45, 7) is 1.73. The lowest BCUT2D eigenvalue weighted by Crippen LogP contribution is -2.30. The first-order valence-electron chi connectivity index (χ1n) is 10.5. The van der Waals surface area contributed by atoms with E-state index in [4.69, 9.17) is 0 Å². The third-order valence-electron chi connectivity index (χ3n) is 6.47. The predicted octanol–water partition coefficient (Wildman–Crippen LogP) is 5.06. The first-order valence-corrected chi connectivity index (χ1v) is 10.5. The van der Waals surface area contributed by atoms with Crippen molar-refractivity contribution in [1.82, 2.24) is 9.61 Å². The van der Waals surface area contributed by atoms with Crippen molar-refractivity contribution in [3.05, 3.63) is 35.2 Å². The Hall–Kier alpha value is -1.89. The van der Waals surface area contributed by atoms with Gasteiger partial charge in [-0.15, -0.1) is 0 Å². The van der Waals surface area contributed by atoms with Gasteiger partial charge in [-0.2, -0.15) is 18.3 Å². The molecule has 0 aliphatic heterocycles. The van der Waals surface area contributed by atoms with E-state index in [-0.39, 0.29) is 24.0 Å². The second kappa shape index (κ2) is 7.42. The molecule has 158 valence electrons. The molecule has 7 heteroatoms. The molecule has 2 heterocycles. The molecule has 0 saturated heterocycles. The summed E-state index contributed by atoms with van der Waals surface area (Å²) in [5, 5.41) is 14.9. The molecule has 2 fully saturated rings. The second-order valence-electron chi connectivity index (χ2n) is 8.93. The first-order chi connectivity index (χ1) is 13.6. The largest absolute Gasteiger partial charge is 0.416 e. The van der Waals surface area contributed by atoms with Gasteiger partial charge >= 0.3 is 6.18 Å². The summed E-state index contributed by atoms with van der Waals surface area (Å²) >= 11 is 0. The lowest BCUT2D eigenvalue weighted by Gasteiger charge is -2.26. The number of carbonyl (C=O) groups is 1. The summed E-state index contributed by atoms with van der Waals surface area (Å²) < 4.78 is 41.0. The maximum absolute atomic E-state index is 13.2. The minimum Gasteiger partial charge on any atom is -0.389 e. The molecule has 0 spiro atoms. The molecule has 4 nitrogen and oxygen atoms in total. The molecule has 1 N–H and O–H groups in total. The fourth-order valence-corrected chi connectivity index (χ4v) is 4.41. The number of halogens is 3. The number of aromatic nitrogens is 2. The molecule has 2 aliphatic rings. The van der Waals surface area contributed by atoms with Crippen molar-refractivity contribution in [3.63, 3.8) is 0 Å². The number of aliphatic hydroxyl groups is 1. The van der Waals surface area contributed by atoms with Crippen LogP contribution in [0.5, 0.6) is 0 Å². The van der Waals surface area contributed by atoms with E-state index in [1.807, 2.05) is 0 Å². The average Bonchev–Trinajstić information content (AvgIpc) is 3.37. The van der Waals surface area contributed by atoms with E-state index in [2.05, 4.69) is 5.10 Å². The van der Waals surface area contributed by atoms with Crippen molar-refractivity contribution < 1.29 is 23.1 Å². The molecule has 4 rings (SSSR count). The number of alkyl halides is 3. The van der Waals surface area contributed by atoms with E-state index < -0.39 is 17.3 Å². The van der Waals surface area contributed by atoms with Crippen LogP contribution in [0.25, 0.3) is 5.52 Å². The normalized spacial score (nSPS) is 19.9. The third kappa shape index (κ3) is 4.34. The summed E-state index contributed by atoms with van der Waals surface area (Å²) in [5.74, 6) is 0.519. The van der Waals surface area contributed by atoms with Gasteiger partial charge < -0.3 is 5.11 Å². The maximum atomic E-state index is 13.2. The van der Waals surface area contributed by atoms with Crippen LogP contribution in [0, 0.1) is 5.92 Å². The molecule has 0 bridgehead atoms. The molecule has 0 radical (unpaired) electrons. The molecule has 0 amide bonds. The number of hydrogen-bond donors (Lipinski definition) is 1. The predicted molar refractivity (Wildman–Crippen MR) is 103 cm³/mol. The highest BCUT2D eigenvalue weighted by Crippen LogP contribution is 2.43. The Bertz CT molecular complexity index is 909. The van der Waals surface area contributed by atoms with Crippen LogP contribution in [-0.2, 0) is 17.4 Å². The standard InChI is InChI=1S/C22H27F3N2O2/c1-21(29,15-8-9-15)13-17(28)6-3-7-18-20(14-4-2-5-14)19-12-16(22(23,24)25)10-11-27(19)26-18/h10-12,14-15,29H,2-9,13H2,1H3/t21-/m1/s1. The van der Waals surface area contributed by atoms with E-state index in [0.717, 1.165) is 49.4 Å². The van der Waals surface area contributed by atoms with E-state index in [0.29, 0.717) is 24.8 Å². The fourth-order valence-electron chi connectivity index (χ4n) is 4.41. The van der Waals surface area contributed by atoms with Crippen LogP contribution < -0.4 is 0 Å². The van der Waals surface area contributed by atoms with Crippen LogP contribution in [0.4, 0.5) is 13.2 Å². The number of carbonyl (C=O) groups excluding carboxylic acids is 1. The number of ketones is 1. The van der Waals surface area contributed by atoms with Gasteiger partial charge in [-0.25, -0.2) is 4.52 Å². The number of rotatable bonds is 8. The third-order valence-corrected chi connectivity index (χ3v) is 6.47. The van der Waals surface area contributed by atoms with Crippen LogP contribution in [-0.4, -0.2) is 26.1 Å². The second-order valence-corrected chi connectivity index (χ2v) is 8.93. The molecule has 2 aromatic rings. The average molecular weight is 408 g/mol. The van der Waals surface area contributed by atoms with Gasteiger partial charge in [0.25, 0.3) is 0 Å². The molecule has 29 heavy (non-hydrogen) atoms. The van der Waals surface area contributed by atoms with Gasteiger partial charge in [-0.3, -0.25) is 4.79 Å². The van der Waals surface area contributed by atoms with Gasteiger partial charge in [0.05, 0.1) is 22.4 Å². The summed E-state index contributed by atoms with van der Waals surface area (Å²) in [6.07, 6.45) is 3.65. The minimum absolute atomic E-state index is 0.0372. The van der Waals surface area contributed by atoms with Crippen molar-refractivity contribution in [1.29, 1.82) is 0 Å². The van der Waals surface area contributed by atoms with Gasteiger partial charge in [-0.05, 0) is 69.4 Å². The fraction of sp³-hybridized carbons (Fsp3) is 0.636. The topological polar surface area (TPSA) is 54.6 Å². The van der Waals surface area contributed by atoms with Gasteiger partial charge in [0, 0.05) is 24.6 Å². The molecule has 2 aromatic heterocycles. The number of fused-ring (bicyclic) bond motifs is 1. The number of nitrogens with zero attached hydrogens (tertiary/aromatic N) is 2. The van der Waals surface area contributed by atoms with Crippen LogP contribution in [0.3, 0.4) is 0 Å². The maximum Gasteiger partial charge on any atom is 0.416 e. The molecular weight excluding hydrogens is 381 g/mol. The monoisotopic (exact) mass is 408 g/mol. The Morgan fingerprint density at radius 3 is 2.59 bits per heavy atom. The highest BCUT2D eigenvalue weighted by molar-refractivity contribution is 5.79. The minimum atomic E-state index is -4.38. The van der Waals surface area contributed by atoms with Gasteiger partial charge in [0.2, 0.25) is 0 Å². The van der Waals surface area contributed by atoms with E-state index in [1.54, 1.807) is 6.92 Å². The number of pyridine rings is 1. The van der Waals surface area contributed by atoms with Gasteiger partial charge in [0.1, 0.15) is 5.78 Å². The highest BCUT2D eigenvalue weighted by atomic mass is 19.4. The van der Waals surface area contributed by atoms with Crippen LogP contribution in [0.15, 0.2) is 18.3 Å². The van der Waals surface area contributed by atoms with Crippen LogP contribution in [0.2, 0.25) is 0 Å². The summed E-state index contributed by atoms with van der Waals surface area (Å²) in [5.41, 5.74) is 0.679. The van der Waals surface area contributed by atoms with Crippen LogP contribution in [0.1, 0.15) is 81.0 Å². The Balaban J connectivity index is 1.48. The van der Waals surface area contributed by atoms with Crippen molar-refractivity contribution in [2.24, 2.45) is 5.92 Å². The van der Waals surface area contributed by atoms with Gasteiger partial charge in [0.15, 0.2) is 0 Å². The zero-order chi connectivity index (χ0) is 20.8. The van der Waals surface area contributed by atoms with Crippen molar-refractivity contribution in [2.75, 3.05) is 0 Å². The Labute approximate surface area is 168 Å². The highest BCUT2D eigenvalue weighted by Gasteiger charge is 2.41. The lowest BCUT2D eigenvalue weighted by atomic mass is 9.78. The van der Waals surface area contributed by atoms with Gasteiger partial charge in [-0.1, -0.05) is 6.42 Å². The van der Waals surface area contributed by atoms with E-state index >= 15 is 0 Å². The molecule has 0 unspecified atom stereocenters. The number of Topliss-reactive ketones (excluding diaryl/α,β-unsaturated/α-hetero) is 1. The first kappa shape index (κ1) is 20.4. The van der Waals surface area contributed by atoms with Crippen molar-refractivity contribution in [2.45, 2.75) is 82.4 Å². The summed E-state index contributed by atoms with van der Waals surface area (Å²) in [7, 11) is 0. The number of hydrogen-bond acceptors (Lipinski definition) is 3. The summed E-state index contributed by atoms with van der Waals surface area (Å²) in [4.78, 5) is 12.3. The Kier molecular flexibility index (Phi) is 5.21. The molecule has 2 aliphatic carbocycles. The number of aryl methyl sites for hydroxylation is 1. The van der Waals surface area contributed by atoms with E-state index in [9.17, 15) is 23.1 Å². The Morgan fingerprint density at radius 1 is 1.28 bits per heavy atom. The molecule has 1 atom stereocenters. The molecular formula is C22H27F3N2O2. The SMILES string of the molecule is C[C@@](O)(CC(=O)CCCc1nn2ccc(C(F)(F)F)cc2c1C1CCC1)C1CC1. The van der Waals surface area contributed by atoms with Crippen molar-refractivity contribution in [3.8, 4) is 0 Å². The quantitative estimate of drug-likeness (QED) is 0.664. The smallest absolute Gasteiger partial charge is 0.389 e. The zero-order valence-electron chi connectivity index (χ0n) is 16.6. The zero-order valence-corrected chi connectivity index (χ0v) is 16.6. The van der Waals surface area contributed by atoms with E-state index in [1.165, 1.54) is 16.8 Å². The lowest BCUT2D eigenvalue weighted by molar-refractivity contribution is -0.137. The Morgan fingerprint density at radius 2 is 2.00 bits per heavy atom. The van der Waals surface area contributed by atoms with Crippen LogP contribution >= 0.6 is 0 Å².